The van der Waals surface area contributed by atoms with Crippen molar-refractivity contribution in [3.63, 3.8) is 0 Å². The Morgan fingerprint density at radius 3 is 1.10 bits per heavy atom. The van der Waals surface area contributed by atoms with Gasteiger partial charge in [0.15, 0.2) is 0 Å². The van der Waals surface area contributed by atoms with E-state index in [1.54, 1.807) is 0 Å². The Balaban J connectivity index is 0.000000794. The monoisotopic (exact) mass is 550 g/mol. The van der Waals surface area contributed by atoms with Gasteiger partial charge in [-0.15, -0.1) is 0 Å². The second-order valence-corrected chi connectivity index (χ2v) is 9.98. The molecule has 8 nitrogen and oxygen atoms in total. The molecule has 0 aromatic heterocycles. The Labute approximate surface area is 234 Å². The van der Waals surface area contributed by atoms with Gasteiger partial charge >= 0.3 is 23.9 Å². The molecule has 0 amide bonds. The molecule has 0 unspecified atom stereocenters. The summed E-state index contributed by atoms with van der Waals surface area (Å²) < 4.78 is 5.23. The van der Waals surface area contributed by atoms with Gasteiger partial charge in [0.1, 0.15) is 6.61 Å². The standard InChI is InChI=1S/C19H28O4.C12H22O4/c20-18(21)14-10-5-3-1-2-4-6-11-15-19(22)23-16-17-12-8-7-9-13-17;13-11(14)9-7-5-3-1-2-4-6-8-10-12(15)16/h7-9,12-13H,1-6,10-11,14-16H2,(H,20,21);1-10H2,(H,13,14)(H,15,16). The van der Waals surface area contributed by atoms with Crippen molar-refractivity contribution in [3.8, 4) is 0 Å². The molecule has 0 aliphatic heterocycles. The highest BCUT2D eigenvalue weighted by molar-refractivity contribution is 5.69. The molecule has 0 bridgehead atoms. The molecule has 0 saturated carbocycles. The molecule has 0 radical (unpaired) electrons. The van der Waals surface area contributed by atoms with Crippen LogP contribution in [0.15, 0.2) is 30.3 Å². The minimum Gasteiger partial charge on any atom is -0.481 e. The minimum absolute atomic E-state index is 0.123. The number of carbonyl (C=O) groups excluding carboxylic acids is 1. The summed E-state index contributed by atoms with van der Waals surface area (Å²) in [6.07, 6.45) is 17.5. The lowest BCUT2D eigenvalue weighted by Gasteiger charge is -2.05. The Bertz CT molecular complexity index is 741. The number of carboxylic acids is 3. The fraction of sp³-hybridized carbons (Fsp3) is 0.677. The van der Waals surface area contributed by atoms with Crippen LogP contribution in [-0.4, -0.2) is 39.2 Å². The molecule has 0 saturated heterocycles. The van der Waals surface area contributed by atoms with Crippen LogP contribution < -0.4 is 0 Å². The van der Waals surface area contributed by atoms with Gasteiger partial charge in [-0.3, -0.25) is 19.2 Å². The summed E-state index contributed by atoms with van der Waals surface area (Å²) in [5, 5.41) is 25.3. The predicted molar refractivity (Wildman–Crippen MR) is 151 cm³/mol. The average molecular weight is 551 g/mol. The molecule has 0 spiro atoms. The number of aliphatic carboxylic acids is 3. The van der Waals surface area contributed by atoms with Crippen LogP contribution in [0.2, 0.25) is 0 Å². The summed E-state index contributed by atoms with van der Waals surface area (Å²) in [5.41, 5.74) is 1.02. The van der Waals surface area contributed by atoms with E-state index in [9.17, 15) is 19.2 Å². The molecule has 0 fully saturated rings. The number of esters is 1. The van der Waals surface area contributed by atoms with Gasteiger partial charge in [0.2, 0.25) is 0 Å². The van der Waals surface area contributed by atoms with E-state index in [0.717, 1.165) is 108 Å². The molecular formula is C31H50O8. The topological polar surface area (TPSA) is 138 Å². The number of benzene rings is 1. The zero-order chi connectivity index (χ0) is 29.0. The summed E-state index contributed by atoms with van der Waals surface area (Å²) in [7, 11) is 0. The van der Waals surface area contributed by atoms with Gasteiger partial charge in [-0.05, 0) is 31.2 Å². The van der Waals surface area contributed by atoms with Gasteiger partial charge in [-0.1, -0.05) is 107 Å². The molecule has 0 aliphatic carbocycles. The Kier molecular flexibility index (Phi) is 24.7. The molecule has 222 valence electrons. The maximum atomic E-state index is 11.6. The number of unbranched alkanes of at least 4 members (excludes halogenated alkanes) is 14. The minimum atomic E-state index is -0.714. The first-order chi connectivity index (χ1) is 18.8. The lowest BCUT2D eigenvalue weighted by Crippen LogP contribution is -2.04. The van der Waals surface area contributed by atoms with E-state index in [-0.39, 0.29) is 25.2 Å². The van der Waals surface area contributed by atoms with Crippen molar-refractivity contribution in [2.45, 2.75) is 135 Å². The van der Waals surface area contributed by atoms with Crippen LogP contribution in [0, 0.1) is 0 Å². The van der Waals surface area contributed by atoms with Crippen LogP contribution >= 0.6 is 0 Å². The van der Waals surface area contributed by atoms with Crippen molar-refractivity contribution >= 4 is 23.9 Å². The van der Waals surface area contributed by atoms with Gasteiger partial charge in [0.05, 0.1) is 0 Å². The van der Waals surface area contributed by atoms with Crippen molar-refractivity contribution in [2.75, 3.05) is 0 Å². The van der Waals surface area contributed by atoms with Crippen LogP contribution in [0.4, 0.5) is 0 Å². The van der Waals surface area contributed by atoms with Crippen molar-refractivity contribution in [2.24, 2.45) is 0 Å². The first-order valence-electron chi connectivity index (χ1n) is 14.7. The second-order valence-electron chi connectivity index (χ2n) is 9.98. The normalized spacial score (nSPS) is 10.4. The summed E-state index contributed by atoms with van der Waals surface area (Å²) in [6.45, 7) is 0.357. The highest BCUT2D eigenvalue weighted by Crippen LogP contribution is 2.12. The molecule has 1 aromatic carbocycles. The molecule has 3 N–H and O–H groups in total. The molecule has 39 heavy (non-hydrogen) atoms. The SMILES string of the molecule is O=C(O)CCCCCCCCCCC(=O)O.O=C(O)CCCCCCCCCCC(=O)OCc1ccccc1. The average Bonchev–Trinajstić information content (AvgIpc) is 2.90. The zero-order valence-electron chi connectivity index (χ0n) is 23.6. The maximum absolute atomic E-state index is 11.6. The molecule has 0 aliphatic rings. The highest BCUT2D eigenvalue weighted by Gasteiger charge is 2.03. The molecule has 8 heteroatoms. The fourth-order valence-corrected chi connectivity index (χ4v) is 4.03. The second kappa shape index (κ2) is 26.7. The summed E-state index contributed by atoms with van der Waals surface area (Å²) >= 11 is 0. The largest absolute Gasteiger partial charge is 0.481 e. The Morgan fingerprint density at radius 2 is 0.769 bits per heavy atom. The fourth-order valence-electron chi connectivity index (χ4n) is 4.03. The van der Waals surface area contributed by atoms with Gasteiger partial charge in [-0.25, -0.2) is 0 Å². The van der Waals surface area contributed by atoms with Crippen LogP contribution in [0.1, 0.15) is 134 Å². The number of rotatable bonds is 24. The lowest BCUT2D eigenvalue weighted by molar-refractivity contribution is -0.145. The Hall–Kier alpha value is -2.90. The molecule has 1 rings (SSSR count). The van der Waals surface area contributed by atoms with Crippen LogP contribution in [0.25, 0.3) is 0 Å². The van der Waals surface area contributed by atoms with Gasteiger partial charge in [0, 0.05) is 25.7 Å². The first-order valence-corrected chi connectivity index (χ1v) is 14.7. The van der Waals surface area contributed by atoms with Gasteiger partial charge in [-0.2, -0.15) is 0 Å². The molecule has 1 aromatic rings. The predicted octanol–water partition coefficient (Wildman–Crippen LogP) is 7.77. The van der Waals surface area contributed by atoms with E-state index in [0.29, 0.717) is 13.0 Å². The van der Waals surface area contributed by atoms with E-state index in [1.165, 1.54) is 0 Å². The quantitative estimate of drug-likeness (QED) is 0.0876. The number of carbonyl (C=O) groups is 4. The number of carboxylic acid groups (broad SMARTS) is 3. The van der Waals surface area contributed by atoms with E-state index in [2.05, 4.69) is 0 Å². The van der Waals surface area contributed by atoms with E-state index in [4.69, 9.17) is 20.1 Å². The van der Waals surface area contributed by atoms with Crippen molar-refractivity contribution < 1.29 is 39.2 Å². The van der Waals surface area contributed by atoms with Crippen LogP contribution in [-0.2, 0) is 30.5 Å². The zero-order valence-corrected chi connectivity index (χ0v) is 23.6. The van der Waals surface area contributed by atoms with Gasteiger partial charge < -0.3 is 20.1 Å². The van der Waals surface area contributed by atoms with E-state index >= 15 is 0 Å². The third-order valence-corrected chi connectivity index (χ3v) is 6.30. The molecule has 0 atom stereocenters. The van der Waals surface area contributed by atoms with Gasteiger partial charge in [0.25, 0.3) is 0 Å². The summed E-state index contributed by atoms with van der Waals surface area (Å²) in [6, 6.07) is 9.71. The lowest BCUT2D eigenvalue weighted by atomic mass is 10.1. The smallest absolute Gasteiger partial charge is 0.306 e. The van der Waals surface area contributed by atoms with Crippen LogP contribution in [0.5, 0.6) is 0 Å². The van der Waals surface area contributed by atoms with Crippen molar-refractivity contribution in [3.05, 3.63) is 35.9 Å². The maximum Gasteiger partial charge on any atom is 0.306 e. The summed E-state index contributed by atoms with van der Waals surface area (Å²) in [4.78, 5) is 42.4. The molecule has 0 heterocycles. The molecular weight excluding hydrogens is 500 g/mol. The van der Waals surface area contributed by atoms with E-state index < -0.39 is 17.9 Å². The number of hydrogen-bond donors (Lipinski definition) is 3. The van der Waals surface area contributed by atoms with Crippen LogP contribution in [0.3, 0.4) is 0 Å². The first kappa shape index (κ1) is 36.1. The van der Waals surface area contributed by atoms with Crippen molar-refractivity contribution in [1.82, 2.24) is 0 Å². The van der Waals surface area contributed by atoms with Crippen molar-refractivity contribution in [1.29, 1.82) is 0 Å². The highest BCUT2D eigenvalue weighted by atomic mass is 16.5. The Morgan fingerprint density at radius 1 is 0.462 bits per heavy atom. The van der Waals surface area contributed by atoms with E-state index in [1.807, 2.05) is 30.3 Å². The third-order valence-electron chi connectivity index (χ3n) is 6.30. The number of hydrogen-bond acceptors (Lipinski definition) is 5. The summed E-state index contributed by atoms with van der Waals surface area (Å²) in [5.74, 6) is -2.26. The third kappa shape index (κ3) is 29.5. The number of ether oxygens (including phenoxy) is 1.